The Morgan fingerprint density at radius 3 is 2.83 bits per heavy atom. The lowest BCUT2D eigenvalue weighted by Gasteiger charge is -2.25. The maximum absolute atomic E-state index is 12.1. The minimum absolute atomic E-state index is 0.0700. The van der Waals surface area contributed by atoms with E-state index in [0.29, 0.717) is 29.0 Å². The van der Waals surface area contributed by atoms with Gasteiger partial charge in [0.2, 0.25) is 11.8 Å². The highest BCUT2D eigenvalue weighted by atomic mass is 35.5. The van der Waals surface area contributed by atoms with Gasteiger partial charge in [0.1, 0.15) is 5.75 Å². The Morgan fingerprint density at radius 1 is 1.48 bits per heavy atom. The number of benzene rings is 1. The smallest absolute Gasteiger partial charge is 0.246 e. The maximum atomic E-state index is 12.1. The third kappa shape index (κ3) is 4.99. The van der Waals surface area contributed by atoms with Crippen molar-refractivity contribution in [1.82, 2.24) is 4.90 Å². The summed E-state index contributed by atoms with van der Waals surface area (Å²) in [4.78, 5) is 24.8. The van der Waals surface area contributed by atoms with Crippen LogP contribution < -0.4 is 10.1 Å². The molecule has 6 heteroatoms. The van der Waals surface area contributed by atoms with Gasteiger partial charge in [-0.25, -0.2) is 0 Å². The van der Waals surface area contributed by atoms with Crippen LogP contribution in [0.3, 0.4) is 0 Å². The molecule has 2 rings (SSSR count). The predicted octanol–water partition coefficient (Wildman–Crippen LogP) is 3.10. The first kappa shape index (κ1) is 17.3. The van der Waals surface area contributed by atoms with Gasteiger partial charge >= 0.3 is 0 Å². The molecule has 0 saturated heterocycles. The molecule has 0 spiro atoms. The van der Waals surface area contributed by atoms with Crippen molar-refractivity contribution in [2.75, 3.05) is 25.5 Å². The highest BCUT2D eigenvalue weighted by Gasteiger charge is 2.19. The van der Waals surface area contributed by atoms with Crippen molar-refractivity contribution in [2.24, 2.45) is 5.92 Å². The first-order valence-corrected chi connectivity index (χ1v) is 7.97. The summed E-state index contributed by atoms with van der Waals surface area (Å²) in [5.41, 5.74) is 0.515. The van der Waals surface area contributed by atoms with Gasteiger partial charge < -0.3 is 15.0 Å². The number of hydrogen-bond donors (Lipinski definition) is 1. The van der Waals surface area contributed by atoms with Crippen LogP contribution in [0.15, 0.2) is 30.9 Å². The Hall–Kier alpha value is -2.01. The van der Waals surface area contributed by atoms with Gasteiger partial charge in [-0.2, -0.15) is 0 Å². The molecule has 23 heavy (non-hydrogen) atoms. The molecular formula is C17H21ClN2O3. The van der Waals surface area contributed by atoms with Crippen LogP contribution in [-0.2, 0) is 9.59 Å². The van der Waals surface area contributed by atoms with Gasteiger partial charge in [0, 0.05) is 12.1 Å². The number of amides is 2. The second-order valence-corrected chi connectivity index (χ2v) is 6.13. The quantitative estimate of drug-likeness (QED) is 0.778. The SMILES string of the molecule is C=CC(=O)N(C)CC(=O)Nc1cc(Cl)ccc1OCC1CCC1. The molecule has 2 amide bonds. The Labute approximate surface area is 141 Å². The molecule has 1 aliphatic carbocycles. The van der Waals surface area contributed by atoms with E-state index in [0.717, 1.165) is 0 Å². The fourth-order valence-corrected chi connectivity index (χ4v) is 2.40. The second-order valence-electron chi connectivity index (χ2n) is 5.70. The average molecular weight is 337 g/mol. The van der Waals surface area contributed by atoms with E-state index in [4.69, 9.17) is 16.3 Å². The Balaban J connectivity index is 1.98. The number of anilines is 1. The molecule has 1 aromatic carbocycles. The minimum Gasteiger partial charge on any atom is -0.491 e. The van der Waals surface area contributed by atoms with E-state index in [2.05, 4.69) is 11.9 Å². The minimum atomic E-state index is -0.321. The molecule has 0 aliphatic heterocycles. The van der Waals surface area contributed by atoms with Crippen molar-refractivity contribution in [1.29, 1.82) is 0 Å². The summed E-state index contributed by atoms with van der Waals surface area (Å²) < 4.78 is 5.80. The normalized spacial score (nSPS) is 13.8. The number of nitrogens with one attached hydrogen (secondary N) is 1. The van der Waals surface area contributed by atoms with Gasteiger partial charge in [0.15, 0.2) is 0 Å². The van der Waals surface area contributed by atoms with E-state index in [9.17, 15) is 9.59 Å². The van der Waals surface area contributed by atoms with Crippen LogP contribution in [0.2, 0.25) is 5.02 Å². The Bertz CT molecular complexity index is 600. The van der Waals surface area contributed by atoms with E-state index in [-0.39, 0.29) is 18.4 Å². The summed E-state index contributed by atoms with van der Waals surface area (Å²) >= 11 is 6.00. The number of hydrogen-bond acceptors (Lipinski definition) is 3. The fourth-order valence-electron chi connectivity index (χ4n) is 2.23. The van der Waals surface area contributed by atoms with E-state index >= 15 is 0 Å². The van der Waals surface area contributed by atoms with E-state index in [1.807, 2.05) is 0 Å². The van der Waals surface area contributed by atoms with Crippen molar-refractivity contribution >= 4 is 29.1 Å². The zero-order valence-corrected chi connectivity index (χ0v) is 13.9. The molecule has 0 atom stereocenters. The third-order valence-electron chi connectivity index (χ3n) is 3.85. The van der Waals surface area contributed by atoms with Crippen LogP contribution in [-0.4, -0.2) is 36.9 Å². The number of carbonyl (C=O) groups is 2. The first-order valence-electron chi connectivity index (χ1n) is 7.59. The Kier molecular flexibility index (Phi) is 6.04. The zero-order chi connectivity index (χ0) is 16.8. The number of carbonyl (C=O) groups excluding carboxylic acids is 2. The molecule has 1 N–H and O–H groups in total. The van der Waals surface area contributed by atoms with Crippen molar-refractivity contribution < 1.29 is 14.3 Å². The van der Waals surface area contributed by atoms with Crippen molar-refractivity contribution in [2.45, 2.75) is 19.3 Å². The molecule has 1 aromatic rings. The van der Waals surface area contributed by atoms with Crippen LogP contribution in [0.4, 0.5) is 5.69 Å². The first-order chi connectivity index (χ1) is 11.0. The van der Waals surface area contributed by atoms with Gasteiger partial charge in [0.05, 0.1) is 18.8 Å². The predicted molar refractivity (Wildman–Crippen MR) is 90.8 cm³/mol. The van der Waals surface area contributed by atoms with E-state index in [1.165, 1.54) is 37.3 Å². The number of likely N-dealkylation sites (N-methyl/N-ethyl adjacent to an activating group) is 1. The molecular weight excluding hydrogens is 316 g/mol. The van der Waals surface area contributed by atoms with Gasteiger partial charge in [0.25, 0.3) is 0 Å². The molecule has 0 unspecified atom stereocenters. The fraction of sp³-hybridized carbons (Fsp3) is 0.412. The average Bonchev–Trinajstić information content (AvgIpc) is 2.46. The van der Waals surface area contributed by atoms with Gasteiger partial charge in [-0.05, 0) is 43.0 Å². The molecule has 1 fully saturated rings. The largest absolute Gasteiger partial charge is 0.491 e. The summed E-state index contributed by atoms with van der Waals surface area (Å²) in [5, 5.41) is 3.25. The standard InChI is InChI=1S/C17H21ClN2O3/c1-3-17(22)20(2)10-16(21)19-14-9-13(18)7-8-15(14)23-11-12-5-4-6-12/h3,7-9,12H,1,4-6,10-11H2,2H3,(H,19,21). The van der Waals surface area contributed by atoms with Crippen molar-refractivity contribution in [3.8, 4) is 5.75 Å². The van der Waals surface area contributed by atoms with Gasteiger partial charge in [-0.15, -0.1) is 0 Å². The van der Waals surface area contributed by atoms with Crippen LogP contribution in [0.5, 0.6) is 5.75 Å². The molecule has 1 aliphatic rings. The lowest BCUT2D eigenvalue weighted by atomic mass is 9.86. The van der Waals surface area contributed by atoms with Gasteiger partial charge in [-0.3, -0.25) is 9.59 Å². The van der Waals surface area contributed by atoms with Crippen LogP contribution >= 0.6 is 11.6 Å². The highest BCUT2D eigenvalue weighted by Crippen LogP contribution is 2.31. The molecule has 5 nitrogen and oxygen atoms in total. The number of ether oxygens (including phenoxy) is 1. The lowest BCUT2D eigenvalue weighted by Crippen LogP contribution is -2.33. The lowest BCUT2D eigenvalue weighted by molar-refractivity contribution is -0.129. The van der Waals surface area contributed by atoms with E-state index < -0.39 is 0 Å². The van der Waals surface area contributed by atoms with Gasteiger partial charge in [-0.1, -0.05) is 24.6 Å². The molecule has 1 saturated carbocycles. The summed E-state index contributed by atoms with van der Waals surface area (Å²) in [7, 11) is 1.54. The summed E-state index contributed by atoms with van der Waals surface area (Å²) in [6, 6.07) is 5.11. The molecule has 0 radical (unpaired) electrons. The molecule has 0 bridgehead atoms. The molecule has 0 heterocycles. The zero-order valence-electron chi connectivity index (χ0n) is 13.2. The molecule has 124 valence electrons. The maximum Gasteiger partial charge on any atom is 0.246 e. The summed E-state index contributed by atoms with van der Waals surface area (Å²) in [5.74, 6) is 0.545. The number of nitrogens with zero attached hydrogens (tertiary/aromatic N) is 1. The summed E-state index contributed by atoms with van der Waals surface area (Å²) in [6.07, 6.45) is 4.79. The van der Waals surface area contributed by atoms with Crippen LogP contribution in [0.25, 0.3) is 0 Å². The number of halogens is 1. The monoisotopic (exact) mass is 336 g/mol. The highest BCUT2D eigenvalue weighted by molar-refractivity contribution is 6.31. The second kappa shape index (κ2) is 8.02. The number of rotatable bonds is 7. The summed E-state index contributed by atoms with van der Waals surface area (Å²) in [6.45, 7) is 3.96. The Morgan fingerprint density at radius 2 is 2.22 bits per heavy atom. The van der Waals surface area contributed by atoms with Crippen LogP contribution in [0, 0.1) is 5.92 Å². The van der Waals surface area contributed by atoms with E-state index in [1.54, 1.807) is 18.2 Å². The van der Waals surface area contributed by atoms with Crippen molar-refractivity contribution in [3.63, 3.8) is 0 Å². The van der Waals surface area contributed by atoms with Crippen molar-refractivity contribution in [3.05, 3.63) is 35.9 Å². The molecule has 0 aromatic heterocycles. The topological polar surface area (TPSA) is 58.6 Å². The van der Waals surface area contributed by atoms with Crippen LogP contribution in [0.1, 0.15) is 19.3 Å². The third-order valence-corrected chi connectivity index (χ3v) is 4.08.